The zero-order valence-corrected chi connectivity index (χ0v) is 69.4. The van der Waals surface area contributed by atoms with E-state index < -0.39 is 82.4 Å². The fourth-order valence-electron chi connectivity index (χ4n) is 12.2. The Bertz CT molecular complexity index is 2340. The number of rotatable bonds is 12. The maximum absolute atomic E-state index is 14.2. The second-order valence-electron chi connectivity index (χ2n) is 28.5. The van der Waals surface area contributed by atoms with Gasteiger partial charge < -0.3 is 75.8 Å². The molecule has 0 radical (unpaired) electrons. The van der Waals surface area contributed by atoms with Crippen LogP contribution in [-0.2, 0) is 124 Å². The average molecular weight is 1630 g/mol. The Balaban J connectivity index is 1.61. The van der Waals surface area contributed by atoms with Gasteiger partial charge in [0.1, 0.15) is 10.5 Å². The maximum Gasteiger partial charge on any atom is 0.338 e. The van der Waals surface area contributed by atoms with Crippen molar-refractivity contribution in [1.29, 1.82) is 0 Å². The molecule has 28 heteroatoms. The van der Waals surface area contributed by atoms with E-state index in [0.717, 1.165) is 255 Å². The number of thioether (sulfide) groups is 2. The van der Waals surface area contributed by atoms with Gasteiger partial charge in [0.15, 0.2) is 12.2 Å². The van der Waals surface area contributed by atoms with Crippen molar-refractivity contribution in [1.82, 2.24) is 0 Å². The highest BCUT2D eigenvalue weighted by Gasteiger charge is 2.39. The van der Waals surface area contributed by atoms with E-state index in [9.17, 15) is 47.9 Å². The summed E-state index contributed by atoms with van der Waals surface area (Å²) < 4.78 is 90.0. The van der Waals surface area contributed by atoms with E-state index in [0.29, 0.717) is 76.8 Å². The first-order valence-corrected chi connectivity index (χ1v) is 44.8. The third kappa shape index (κ3) is 61.1. The van der Waals surface area contributed by atoms with Crippen LogP contribution in [-0.4, -0.2) is 226 Å². The average Bonchev–Trinajstić information content (AvgIpc) is 0.852. The van der Waals surface area contributed by atoms with Gasteiger partial charge in [-0.25, -0.2) is 28.8 Å². The highest BCUT2D eigenvalue weighted by atomic mass is 32.2. The molecule has 644 valence electrons. The fraction of sp³-hybridized carbons (Fsp3) is 0.833. The van der Waals surface area contributed by atoms with Gasteiger partial charge in [-0.1, -0.05) is 205 Å². The Morgan fingerprint density at radius 1 is 0.268 bits per heavy atom. The molecule has 3 rings (SSSR count). The highest BCUT2D eigenvalue weighted by Crippen LogP contribution is 2.24. The van der Waals surface area contributed by atoms with Gasteiger partial charge in [0, 0.05) is 24.3 Å². The Labute approximate surface area is 676 Å². The summed E-state index contributed by atoms with van der Waals surface area (Å²) in [6.45, 7) is 3.26. The first-order chi connectivity index (χ1) is 54.9. The van der Waals surface area contributed by atoms with Crippen molar-refractivity contribution in [2.24, 2.45) is 0 Å². The van der Waals surface area contributed by atoms with Crippen LogP contribution in [0.15, 0.2) is 24.3 Å². The van der Waals surface area contributed by atoms with Gasteiger partial charge in [-0.3, -0.25) is 19.2 Å². The monoisotopic (exact) mass is 1630 g/mol. The summed E-state index contributed by atoms with van der Waals surface area (Å²) in [4.78, 5) is 131. The van der Waals surface area contributed by atoms with Crippen LogP contribution in [0.1, 0.15) is 283 Å². The van der Waals surface area contributed by atoms with Gasteiger partial charge in [-0.15, -0.1) is 23.5 Å². The van der Waals surface area contributed by atoms with Crippen LogP contribution in [0.4, 0.5) is 0 Å². The first kappa shape index (κ1) is 101. The lowest BCUT2D eigenvalue weighted by Crippen LogP contribution is -2.46. The molecule has 0 aliphatic carbocycles. The summed E-state index contributed by atoms with van der Waals surface area (Å²) in [7, 11) is 0. The number of hydrogen-bond acceptors (Lipinski definition) is 28. The molecule has 0 aromatic heterocycles. The summed E-state index contributed by atoms with van der Waals surface area (Å²) in [6.07, 6.45) is 39.7. The third-order valence-corrected chi connectivity index (χ3v) is 21.3. The molecule has 3 heterocycles. The zero-order chi connectivity index (χ0) is 80.3. The van der Waals surface area contributed by atoms with Gasteiger partial charge in [-0.05, 0) is 75.7 Å². The summed E-state index contributed by atoms with van der Waals surface area (Å²) in [5.74, 6) is -5.49. The second kappa shape index (κ2) is 74.5. The minimum absolute atomic E-state index is 0.0285. The first-order valence-electron chi connectivity index (χ1n) is 42.7. The van der Waals surface area contributed by atoms with Crippen molar-refractivity contribution in [3.05, 3.63) is 24.3 Å². The maximum atomic E-state index is 14.2. The fourth-order valence-corrected chi connectivity index (χ4v) is 14.3. The number of ether oxygens (including phenoxy) is 16. The summed E-state index contributed by atoms with van der Waals surface area (Å²) in [5, 5.41) is -1.75. The molecule has 1 fully saturated rings. The van der Waals surface area contributed by atoms with Crippen LogP contribution >= 0.6 is 23.5 Å². The molecule has 0 N–H and O–H groups in total. The lowest BCUT2D eigenvalue weighted by molar-refractivity contribution is -0.186. The van der Waals surface area contributed by atoms with Crippen molar-refractivity contribution < 1.29 is 124 Å². The van der Waals surface area contributed by atoms with E-state index in [2.05, 4.69) is 0 Å². The quantitative estimate of drug-likeness (QED) is 0.0995. The van der Waals surface area contributed by atoms with E-state index in [1.807, 2.05) is 0 Å². The number of carbonyl (C=O) groups is 10. The van der Waals surface area contributed by atoms with Crippen LogP contribution in [0.25, 0.3) is 0 Å². The molecular weight excluding hydrogens is 1490 g/mol. The third-order valence-electron chi connectivity index (χ3n) is 18.7. The van der Waals surface area contributed by atoms with E-state index in [4.69, 9.17) is 75.8 Å². The smallest absolute Gasteiger partial charge is 0.338 e. The largest absolute Gasteiger partial charge is 0.466 e. The molecule has 0 bridgehead atoms. The van der Waals surface area contributed by atoms with Gasteiger partial charge in [0.2, 0.25) is 0 Å². The molecule has 4 atom stereocenters. The van der Waals surface area contributed by atoms with Gasteiger partial charge in [-0.2, -0.15) is 0 Å². The highest BCUT2D eigenvalue weighted by molar-refractivity contribution is 8.00. The molecule has 3 aliphatic rings. The minimum Gasteiger partial charge on any atom is -0.466 e. The SMILES string of the molecule is O=C1C=CC(=O)OCCCCCCCCCCCCOC(=O)C(SCCCOC(=O)[C@@H]2OCCOCCOCCOCCOCCO[C@H]2C(=O)OCCCSC2CC(=O)OCCCCCCCCCCCCOC(=O)C=CC(=O)OCCCCCCCCCCCCOC2=O)CC(=O)OCCCCCCCCCCCCO1. The van der Waals surface area contributed by atoms with E-state index >= 15 is 0 Å². The number of hydrogen-bond donors (Lipinski definition) is 0. The van der Waals surface area contributed by atoms with Crippen LogP contribution in [0.5, 0.6) is 0 Å². The standard InChI is InChI=1S/C84H140O26S2/c85-73-43-45-75(87)101-49-35-27-19-11-5-7-15-23-31-39-53-107-81(91)71(69-77(89)103-51-37-29-21-13-3-1-9-17-25-33-47-99-73)111-67-41-55-109-83(93)79-80(106-66-64-98-62-60-96-58-57-95-59-61-97-63-65-105-79)84(94)110-56-42-68-112-72-70-78(90)104-52-38-30-22-14-4-2-10-18-26-34-48-100-74(86)44-46-76(88)102-50-36-28-20-12-6-8-16-24-32-40-54-108-82(72)92/h43-46,71-72,79-80H,1-42,47-70H2/t71?,72?,79-,80-/m1/s1. The Hall–Kier alpha value is -5.36. The number of carbonyl (C=O) groups excluding carboxylic acids is 10. The zero-order valence-electron chi connectivity index (χ0n) is 67.7. The Morgan fingerprint density at radius 2 is 0.473 bits per heavy atom. The molecule has 26 nitrogen and oxygen atoms in total. The van der Waals surface area contributed by atoms with Gasteiger partial charge in [0.05, 0.1) is 145 Å². The van der Waals surface area contributed by atoms with Crippen molar-refractivity contribution >= 4 is 83.2 Å². The molecule has 0 spiro atoms. The summed E-state index contributed by atoms with van der Waals surface area (Å²) in [6, 6.07) is 0. The second-order valence-corrected chi connectivity index (χ2v) is 31.1. The topological polar surface area (TPSA) is 318 Å². The van der Waals surface area contributed by atoms with Crippen LogP contribution in [0.2, 0.25) is 0 Å². The van der Waals surface area contributed by atoms with Crippen LogP contribution < -0.4 is 0 Å². The predicted octanol–water partition coefficient (Wildman–Crippen LogP) is 14.8. The van der Waals surface area contributed by atoms with Gasteiger partial charge in [0.25, 0.3) is 0 Å². The Morgan fingerprint density at radius 3 is 0.714 bits per heavy atom. The van der Waals surface area contributed by atoms with Gasteiger partial charge >= 0.3 is 59.7 Å². The lowest BCUT2D eigenvalue weighted by Gasteiger charge is -2.25. The lowest BCUT2D eigenvalue weighted by atomic mass is 10.1. The molecule has 1 saturated heterocycles. The summed E-state index contributed by atoms with van der Waals surface area (Å²) >= 11 is 2.42. The van der Waals surface area contributed by atoms with E-state index in [-0.39, 0.29) is 118 Å². The van der Waals surface area contributed by atoms with E-state index in [1.54, 1.807) is 0 Å². The molecule has 112 heavy (non-hydrogen) atoms. The van der Waals surface area contributed by atoms with Crippen molar-refractivity contribution in [3.63, 3.8) is 0 Å². The van der Waals surface area contributed by atoms with E-state index in [1.165, 1.54) is 23.5 Å². The Kier molecular flexibility index (Phi) is 67.0. The van der Waals surface area contributed by atoms with Crippen molar-refractivity contribution in [3.8, 4) is 0 Å². The molecule has 0 saturated carbocycles. The summed E-state index contributed by atoms with van der Waals surface area (Å²) in [5.41, 5.74) is 0. The molecule has 2 unspecified atom stereocenters. The van der Waals surface area contributed by atoms with Crippen molar-refractivity contribution in [2.75, 3.05) is 144 Å². The predicted molar refractivity (Wildman–Crippen MR) is 426 cm³/mol. The molecule has 0 aromatic rings. The van der Waals surface area contributed by atoms with Crippen LogP contribution in [0.3, 0.4) is 0 Å². The molecule has 0 aromatic carbocycles. The number of esters is 10. The van der Waals surface area contributed by atoms with Crippen molar-refractivity contribution in [2.45, 2.75) is 305 Å². The molecular formula is C84H140O26S2. The molecule has 0 amide bonds. The minimum atomic E-state index is -1.62. The van der Waals surface area contributed by atoms with Crippen LogP contribution in [0, 0.1) is 0 Å². The number of cyclic esters (lactones) is 8. The normalized spacial score (nSPS) is 23.8. The molecule has 3 aliphatic heterocycles.